The lowest BCUT2D eigenvalue weighted by atomic mass is 10.0. The van der Waals surface area contributed by atoms with Crippen molar-refractivity contribution in [2.75, 3.05) is 12.8 Å². The minimum Gasteiger partial charge on any atom is -0.496 e. The number of hydrogen-bond acceptors (Lipinski definition) is 4. The first-order valence-electron chi connectivity index (χ1n) is 5.11. The van der Waals surface area contributed by atoms with Gasteiger partial charge in [0.2, 0.25) is 0 Å². The molecule has 0 bridgehead atoms. The quantitative estimate of drug-likeness (QED) is 0.923. The Balaban J connectivity index is 2.69. The normalized spacial score (nSPS) is 10.6. The first kappa shape index (κ1) is 12.0. The van der Waals surface area contributed by atoms with E-state index in [0.29, 0.717) is 11.6 Å². The van der Waals surface area contributed by atoms with Gasteiger partial charge in [-0.15, -0.1) is 0 Å². The molecule has 0 saturated carbocycles. The molecule has 2 N–H and O–H groups in total. The topological polar surface area (TPSA) is 61.3 Å². The van der Waals surface area contributed by atoms with Crippen LogP contribution in [0.2, 0.25) is 0 Å². The molecule has 0 saturated heterocycles. The number of halogens is 1. The van der Waals surface area contributed by atoms with Gasteiger partial charge in [0.05, 0.1) is 12.7 Å². The molecule has 1 aromatic heterocycles. The number of methoxy groups -OCH3 is 1. The van der Waals surface area contributed by atoms with Crippen LogP contribution in [0, 0.1) is 13.8 Å². The van der Waals surface area contributed by atoms with Gasteiger partial charge < -0.3 is 15.0 Å². The van der Waals surface area contributed by atoms with Crippen molar-refractivity contribution in [3.8, 4) is 17.1 Å². The molecule has 1 aromatic carbocycles. The van der Waals surface area contributed by atoms with Crippen LogP contribution in [0.15, 0.2) is 21.1 Å². The van der Waals surface area contributed by atoms with Gasteiger partial charge in [0, 0.05) is 16.1 Å². The highest BCUT2D eigenvalue weighted by molar-refractivity contribution is 9.10. The predicted molar refractivity (Wildman–Crippen MR) is 70.1 cm³/mol. The highest BCUT2D eigenvalue weighted by Crippen LogP contribution is 2.39. The largest absolute Gasteiger partial charge is 0.496 e. The number of nitrogen functional groups attached to an aromatic ring is 1. The van der Waals surface area contributed by atoms with E-state index in [1.54, 1.807) is 13.2 Å². The minimum atomic E-state index is 0.361. The fourth-order valence-electron chi connectivity index (χ4n) is 1.80. The lowest BCUT2D eigenvalue weighted by Crippen LogP contribution is -1.94. The second-order valence-corrected chi connectivity index (χ2v) is 4.62. The Hall–Kier alpha value is -1.49. The molecule has 5 heteroatoms. The summed E-state index contributed by atoms with van der Waals surface area (Å²) >= 11 is 3.53. The number of nitrogens with zero attached hydrogens (tertiary/aromatic N) is 1. The summed E-state index contributed by atoms with van der Waals surface area (Å²) < 4.78 is 11.6. The molecule has 2 aromatic rings. The third kappa shape index (κ3) is 2.02. The molecule has 0 aliphatic heterocycles. The summed E-state index contributed by atoms with van der Waals surface area (Å²) in [7, 11) is 1.63. The summed E-state index contributed by atoms with van der Waals surface area (Å²) in [5, 5.41) is 3.69. The number of anilines is 1. The Kier molecular flexibility index (Phi) is 3.11. The van der Waals surface area contributed by atoms with Gasteiger partial charge in [-0.05, 0) is 25.5 Å². The summed E-state index contributed by atoms with van der Waals surface area (Å²) in [5.41, 5.74) is 8.55. The first-order valence-corrected chi connectivity index (χ1v) is 5.90. The number of rotatable bonds is 2. The predicted octanol–water partition coefficient (Wildman–Crippen LogP) is 3.31. The molecule has 0 fully saturated rings. The number of hydrogen-bond donors (Lipinski definition) is 1. The zero-order valence-electron chi connectivity index (χ0n) is 9.87. The molecule has 0 atom stereocenters. The van der Waals surface area contributed by atoms with Gasteiger partial charge in [-0.2, -0.15) is 0 Å². The SMILES string of the molecule is COc1c(-c2cc(N)no2)cc(C)c(Br)c1C. The standard InChI is InChI=1S/C12H13BrN2O2/c1-6-4-8(9-5-10(14)15-17-9)12(16-3)7(2)11(6)13/h4-5H,1-3H3,(H2,14,15). The molecule has 17 heavy (non-hydrogen) atoms. The molecule has 2 rings (SSSR count). The van der Waals surface area contributed by atoms with Crippen LogP contribution >= 0.6 is 15.9 Å². The van der Waals surface area contributed by atoms with E-state index < -0.39 is 0 Å². The van der Waals surface area contributed by atoms with Crippen molar-refractivity contribution in [2.24, 2.45) is 0 Å². The van der Waals surface area contributed by atoms with E-state index in [2.05, 4.69) is 21.1 Å². The maximum absolute atomic E-state index is 5.56. The van der Waals surface area contributed by atoms with Gasteiger partial charge in [-0.25, -0.2) is 0 Å². The van der Waals surface area contributed by atoms with Gasteiger partial charge in [0.15, 0.2) is 11.6 Å². The molecule has 0 aliphatic carbocycles. The van der Waals surface area contributed by atoms with Gasteiger partial charge in [-0.3, -0.25) is 0 Å². The van der Waals surface area contributed by atoms with Crippen molar-refractivity contribution in [3.05, 3.63) is 27.7 Å². The molecule has 0 amide bonds. The minimum absolute atomic E-state index is 0.361. The number of nitrogens with two attached hydrogens (primary N) is 1. The van der Waals surface area contributed by atoms with Crippen molar-refractivity contribution in [2.45, 2.75) is 13.8 Å². The van der Waals surface area contributed by atoms with Crippen LogP contribution in [0.25, 0.3) is 11.3 Å². The number of aromatic nitrogens is 1. The van der Waals surface area contributed by atoms with E-state index in [1.165, 1.54) is 0 Å². The van der Waals surface area contributed by atoms with Crippen LogP contribution in [0.1, 0.15) is 11.1 Å². The van der Waals surface area contributed by atoms with Crippen LogP contribution in [0.3, 0.4) is 0 Å². The summed E-state index contributed by atoms with van der Waals surface area (Å²) in [6, 6.07) is 3.67. The Morgan fingerprint density at radius 1 is 1.35 bits per heavy atom. The summed E-state index contributed by atoms with van der Waals surface area (Å²) in [4.78, 5) is 0. The maximum Gasteiger partial charge on any atom is 0.172 e. The van der Waals surface area contributed by atoms with E-state index in [-0.39, 0.29) is 0 Å². The van der Waals surface area contributed by atoms with Crippen LogP contribution in [0.4, 0.5) is 5.82 Å². The van der Waals surface area contributed by atoms with E-state index in [4.69, 9.17) is 15.0 Å². The monoisotopic (exact) mass is 296 g/mol. The average molecular weight is 297 g/mol. The smallest absolute Gasteiger partial charge is 0.172 e. The Bertz CT molecular complexity index is 564. The molecule has 0 unspecified atom stereocenters. The summed E-state index contributed by atoms with van der Waals surface area (Å²) in [5.74, 6) is 1.73. The Morgan fingerprint density at radius 2 is 2.06 bits per heavy atom. The van der Waals surface area contributed by atoms with Gasteiger partial charge in [-0.1, -0.05) is 21.1 Å². The van der Waals surface area contributed by atoms with Crippen LogP contribution in [-0.2, 0) is 0 Å². The molecular formula is C12H13BrN2O2. The second kappa shape index (κ2) is 4.41. The molecule has 0 spiro atoms. The number of ether oxygens (including phenoxy) is 1. The summed E-state index contributed by atoms with van der Waals surface area (Å²) in [6.45, 7) is 4.00. The third-order valence-electron chi connectivity index (χ3n) is 2.62. The van der Waals surface area contributed by atoms with E-state index in [0.717, 1.165) is 26.9 Å². The van der Waals surface area contributed by atoms with E-state index >= 15 is 0 Å². The Morgan fingerprint density at radius 3 is 2.59 bits per heavy atom. The van der Waals surface area contributed by atoms with Crippen LogP contribution in [0.5, 0.6) is 5.75 Å². The van der Waals surface area contributed by atoms with Crippen molar-refractivity contribution >= 4 is 21.7 Å². The van der Waals surface area contributed by atoms with Crippen molar-refractivity contribution < 1.29 is 9.26 Å². The zero-order chi connectivity index (χ0) is 12.6. The fourth-order valence-corrected chi connectivity index (χ4v) is 2.10. The van der Waals surface area contributed by atoms with E-state index in [1.807, 2.05) is 19.9 Å². The maximum atomic E-state index is 5.56. The van der Waals surface area contributed by atoms with Gasteiger partial charge in [0.25, 0.3) is 0 Å². The molecular weight excluding hydrogens is 284 g/mol. The van der Waals surface area contributed by atoms with Crippen LogP contribution < -0.4 is 10.5 Å². The highest BCUT2D eigenvalue weighted by Gasteiger charge is 2.16. The first-order chi connectivity index (χ1) is 8.04. The van der Waals surface area contributed by atoms with Crippen molar-refractivity contribution in [3.63, 3.8) is 0 Å². The molecule has 0 aliphatic rings. The molecule has 1 heterocycles. The number of benzene rings is 1. The van der Waals surface area contributed by atoms with Crippen molar-refractivity contribution in [1.29, 1.82) is 0 Å². The lowest BCUT2D eigenvalue weighted by molar-refractivity contribution is 0.404. The third-order valence-corrected chi connectivity index (χ3v) is 3.84. The molecule has 90 valence electrons. The lowest BCUT2D eigenvalue weighted by Gasteiger charge is -2.13. The summed E-state index contributed by atoms with van der Waals surface area (Å²) in [6.07, 6.45) is 0. The molecule has 4 nitrogen and oxygen atoms in total. The average Bonchev–Trinajstić information content (AvgIpc) is 2.72. The second-order valence-electron chi connectivity index (χ2n) is 3.83. The van der Waals surface area contributed by atoms with E-state index in [9.17, 15) is 0 Å². The van der Waals surface area contributed by atoms with Crippen molar-refractivity contribution in [1.82, 2.24) is 5.16 Å². The number of aryl methyl sites for hydroxylation is 1. The van der Waals surface area contributed by atoms with Gasteiger partial charge in [0.1, 0.15) is 5.75 Å². The van der Waals surface area contributed by atoms with Gasteiger partial charge >= 0.3 is 0 Å². The fraction of sp³-hybridized carbons (Fsp3) is 0.250. The highest BCUT2D eigenvalue weighted by atomic mass is 79.9. The zero-order valence-corrected chi connectivity index (χ0v) is 11.5. The Labute approximate surface area is 108 Å². The van der Waals surface area contributed by atoms with Crippen LogP contribution in [-0.4, -0.2) is 12.3 Å². The molecule has 0 radical (unpaired) electrons.